The summed E-state index contributed by atoms with van der Waals surface area (Å²) in [6, 6.07) is 8.46. The first-order valence-electron chi connectivity index (χ1n) is 5.79. The SMILES string of the molecule is NC(=O)c1ccc([N+](=O)[O-])c(Nc2cc(N)ccc2Cl)c1. The third-order valence-corrected chi connectivity index (χ3v) is 3.07. The second kappa shape index (κ2) is 5.68. The van der Waals surface area contributed by atoms with Crippen LogP contribution in [0.4, 0.5) is 22.7 Å². The summed E-state index contributed by atoms with van der Waals surface area (Å²) in [6.07, 6.45) is 0. The van der Waals surface area contributed by atoms with E-state index in [2.05, 4.69) is 5.32 Å². The van der Waals surface area contributed by atoms with Gasteiger partial charge in [0.05, 0.1) is 15.6 Å². The van der Waals surface area contributed by atoms with Crippen LogP contribution < -0.4 is 16.8 Å². The number of nitrogens with one attached hydrogen (secondary N) is 1. The molecule has 0 saturated heterocycles. The molecular formula is C13H11ClN4O3. The number of nitrogens with zero attached hydrogens (tertiary/aromatic N) is 1. The van der Waals surface area contributed by atoms with Gasteiger partial charge in [-0.2, -0.15) is 0 Å². The molecule has 0 heterocycles. The van der Waals surface area contributed by atoms with Crippen molar-refractivity contribution in [3.05, 3.63) is 57.1 Å². The molecule has 0 unspecified atom stereocenters. The highest BCUT2D eigenvalue weighted by Crippen LogP contribution is 2.32. The second-order valence-electron chi connectivity index (χ2n) is 4.22. The molecule has 0 bridgehead atoms. The summed E-state index contributed by atoms with van der Waals surface area (Å²) < 4.78 is 0. The van der Waals surface area contributed by atoms with Crippen molar-refractivity contribution >= 4 is 40.3 Å². The highest BCUT2D eigenvalue weighted by molar-refractivity contribution is 6.33. The van der Waals surface area contributed by atoms with Crippen LogP contribution in [0.2, 0.25) is 5.02 Å². The van der Waals surface area contributed by atoms with Gasteiger partial charge in [0.25, 0.3) is 5.69 Å². The van der Waals surface area contributed by atoms with Gasteiger partial charge in [0.15, 0.2) is 0 Å². The number of primary amides is 1. The minimum Gasteiger partial charge on any atom is -0.399 e. The van der Waals surface area contributed by atoms with Crippen molar-refractivity contribution in [2.24, 2.45) is 5.73 Å². The second-order valence-corrected chi connectivity index (χ2v) is 4.62. The molecule has 108 valence electrons. The maximum absolute atomic E-state index is 11.2. The van der Waals surface area contributed by atoms with Gasteiger partial charge in [-0.25, -0.2) is 0 Å². The molecule has 2 aromatic rings. The van der Waals surface area contributed by atoms with Crippen molar-refractivity contribution in [2.75, 3.05) is 11.1 Å². The summed E-state index contributed by atoms with van der Waals surface area (Å²) in [4.78, 5) is 21.6. The Bertz CT molecular complexity index is 733. The monoisotopic (exact) mass is 306 g/mol. The number of carbonyl (C=O) groups is 1. The molecule has 0 aliphatic carbocycles. The number of nitrogen functional groups attached to an aromatic ring is 1. The first-order chi connectivity index (χ1) is 9.88. The lowest BCUT2D eigenvalue weighted by Crippen LogP contribution is -2.11. The molecule has 2 rings (SSSR count). The third-order valence-electron chi connectivity index (χ3n) is 2.74. The average Bonchev–Trinajstić information content (AvgIpc) is 2.42. The molecule has 0 atom stereocenters. The van der Waals surface area contributed by atoms with E-state index in [1.807, 2.05) is 0 Å². The Morgan fingerprint density at radius 1 is 1.19 bits per heavy atom. The van der Waals surface area contributed by atoms with Gasteiger partial charge in [-0.3, -0.25) is 14.9 Å². The third kappa shape index (κ3) is 3.21. The molecule has 0 radical (unpaired) electrons. The molecule has 1 amide bonds. The lowest BCUT2D eigenvalue weighted by Gasteiger charge is -2.10. The zero-order chi connectivity index (χ0) is 15.6. The van der Waals surface area contributed by atoms with E-state index >= 15 is 0 Å². The molecule has 0 aliphatic heterocycles. The lowest BCUT2D eigenvalue weighted by atomic mass is 10.1. The summed E-state index contributed by atoms with van der Waals surface area (Å²) in [5.41, 5.74) is 11.7. The van der Waals surface area contributed by atoms with E-state index in [4.69, 9.17) is 23.1 Å². The number of hydrogen-bond acceptors (Lipinski definition) is 5. The van der Waals surface area contributed by atoms with E-state index in [0.29, 0.717) is 16.4 Å². The molecule has 2 aromatic carbocycles. The van der Waals surface area contributed by atoms with Gasteiger partial charge in [-0.05, 0) is 30.3 Å². The zero-order valence-electron chi connectivity index (χ0n) is 10.7. The lowest BCUT2D eigenvalue weighted by molar-refractivity contribution is -0.383. The van der Waals surface area contributed by atoms with Gasteiger partial charge in [0, 0.05) is 17.3 Å². The number of nitro groups is 1. The maximum atomic E-state index is 11.2. The number of anilines is 3. The van der Waals surface area contributed by atoms with Crippen molar-refractivity contribution < 1.29 is 9.72 Å². The van der Waals surface area contributed by atoms with Crippen molar-refractivity contribution in [1.29, 1.82) is 0 Å². The summed E-state index contributed by atoms with van der Waals surface area (Å²) in [5.74, 6) is -0.688. The smallest absolute Gasteiger partial charge is 0.292 e. The van der Waals surface area contributed by atoms with Crippen LogP contribution in [0.3, 0.4) is 0 Å². The van der Waals surface area contributed by atoms with E-state index in [0.717, 1.165) is 0 Å². The Balaban J connectivity index is 2.50. The predicted octanol–water partition coefficient (Wildman–Crippen LogP) is 2.67. The zero-order valence-corrected chi connectivity index (χ0v) is 11.4. The number of halogens is 1. The highest BCUT2D eigenvalue weighted by Gasteiger charge is 2.17. The Labute approximate surface area is 124 Å². The molecule has 5 N–H and O–H groups in total. The van der Waals surface area contributed by atoms with E-state index in [1.54, 1.807) is 12.1 Å². The normalized spacial score (nSPS) is 10.1. The summed E-state index contributed by atoms with van der Waals surface area (Å²) in [5, 5.41) is 14.2. The topological polar surface area (TPSA) is 124 Å². The molecule has 0 fully saturated rings. The largest absolute Gasteiger partial charge is 0.399 e. The molecule has 0 aromatic heterocycles. The van der Waals surface area contributed by atoms with Gasteiger partial charge < -0.3 is 16.8 Å². The fraction of sp³-hybridized carbons (Fsp3) is 0. The Morgan fingerprint density at radius 3 is 2.52 bits per heavy atom. The molecule has 0 saturated carbocycles. The summed E-state index contributed by atoms with van der Waals surface area (Å²) in [7, 11) is 0. The van der Waals surface area contributed by atoms with Crippen molar-refractivity contribution in [3.63, 3.8) is 0 Å². The fourth-order valence-electron chi connectivity index (χ4n) is 1.73. The minimum atomic E-state index is -0.688. The standard InChI is InChI=1S/C13H11ClN4O3/c14-9-3-2-8(15)6-10(9)17-11-5-7(13(16)19)1-4-12(11)18(20)21/h1-6,17H,15H2,(H2,16,19). The number of rotatable bonds is 4. The highest BCUT2D eigenvalue weighted by atomic mass is 35.5. The van der Waals surface area contributed by atoms with Crippen LogP contribution in [0, 0.1) is 10.1 Å². The average molecular weight is 307 g/mol. The molecular weight excluding hydrogens is 296 g/mol. The number of amides is 1. The molecule has 0 spiro atoms. The maximum Gasteiger partial charge on any atom is 0.292 e. The summed E-state index contributed by atoms with van der Waals surface area (Å²) >= 11 is 6.00. The van der Waals surface area contributed by atoms with Gasteiger partial charge in [0.2, 0.25) is 5.91 Å². The van der Waals surface area contributed by atoms with E-state index in [-0.39, 0.29) is 16.9 Å². The van der Waals surface area contributed by atoms with Crippen LogP contribution >= 0.6 is 11.6 Å². The van der Waals surface area contributed by atoms with Gasteiger partial charge >= 0.3 is 0 Å². The molecule has 21 heavy (non-hydrogen) atoms. The first-order valence-corrected chi connectivity index (χ1v) is 6.16. The van der Waals surface area contributed by atoms with E-state index in [1.165, 1.54) is 24.3 Å². The quantitative estimate of drug-likeness (QED) is 0.455. The van der Waals surface area contributed by atoms with Gasteiger partial charge in [-0.15, -0.1) is 0 Å². The Kier molecular flexibility index (Phi) is 3.95. The summed E-state index contributed by atoms with van der Waals surface area (Å²) in [6.45, 7) is 0. The predicted molar refractivity (Wildman–Crippen MR) is 80.8 cm³/mol. The minimum absolute atomic E-state index is 0.101. The fourth-order valence-corrected chi connectivity index (χ4v) is 1.90. The number of hydrogen-bond donors (Lipinski definition) is 3. The van der Waals surface area contributed by atoms with Crippen molar-refractivity contribution in [3.8, 4) is 0 Å². The van der Waals surface area contributed by atoms with Crippen LogP contribution in [-0.4, -0.2) is 10.8 Å². The molecule has 8 heteroatoms. The van der Waals surface area contributed by atoms with E-state index < -0.39 is 10.8 Å². The van der Waals surface area contributed by atoms with Gasteiger partial charge in [-0.1, -0.05) is 11.6 Å². The number of carbonyl (C=O) groups excluding carboxylic acids is 1. The molecule has 0 aliphatic rings. The number of nitrogens with two attached hydrogens (primary N) is 2. The van der Waals surface area contributed by atoms with Crippen LogP contribution in [0.15, 0.2) is 36.4 Å². The van der Waals surface area contributed by atoms with Crippen molar-refractivity contribution in [1.82, 2.24) is 0 Å². The number of nitro benzene ring substituents is 1. The van der Waals surface area contributed by atoms with Crippen LogP contribution in [-0.2, 0) is 0 Å². The first kappa shape index (κ1) is 14.6. The Hall–Kier alpha value is -2.80. The Morgan fingerprint density at radius 2 is 1.90 bits per heavy atom. The van der Waals surface area contributed by atoms with Crippen LogP contribution in [0.1, 0.15) is 10.4 Å². The van der Waals surface area contributed by atoms with Crippen molar-refractivity contribution in [2.45, 2.75) is 0 Å². The van der Waals surface area contributed by atoms with Crippen LogP contribution in [0.5, 0.6) is 0 Å². The van der Waals surface area contributed by atoms with Crippen LogP contribution in [0.25, 0.3) is 0 Å². The number of benzene rings is 2. The van der Waals surface area contributed by atoms with E-state index in [9.17, 15) is 14.9 Å². The van der Waals surface area contributed by atoms with Gasteiger partial charge in [0.1, 0.15) is 5.69 Å². The molecule has 7 nitrogen and oxygen atoms in total.